The normalized spacial score (nSPS) is 22.3. The van der Waals surface area contributed by atoms with Crippen LogP contribution in [-0.2, 0) is 0 Å². The average molecular weight is 343 g/mol. The van der Waals surface area contributed by atoms with Gasteiger partial charge in [0.1, 0.15) is 11.6 Å². The number of halogens is 4. The molecule has 132 valence electrons. The molecule has 24 heavy (non-hydrogen) atoms. The average Bonchev–Trinajstić information content (AvgIpc) is 2.48. The third kappa shape index (κ3) is 4.29. The molecule has 2 rings (SSSR count). The van der Waals surface area contributed by atoms with Crippen molar-refractivity contribution in [1.29, 1.82) is 0 Å². The summed E-state index contributed by atoms with van der Waals surface area (Å²) in [6.07, 6.45) is 0.134. The Bertz CT molecular complexity index is 635. The standard InChI is InChI=1S/C17H21F4N3/c1-9-5-10(17(23)14(6-9)24-8-15(20)21)7-13(22)16-11(18)3-2-4-12(16)19/h2-4,7,9,14-15,24H,5-6,8,22-23H2,1H3/b13-7-. The molecular weight excluding hydrogens is 322 g/mol. The van der Waals surface area contributed by atoms with Gasteiger partial charge in [0.2, 0.25) is 0 Å². The topological polar surface area (TPSA) is 64.1 Å². The number of nitrogens with one attached hydrogen (secondary N) is 1. The molecule has 2 atom stereocenters. The SMILES string of the molecule is CC1CC(/C=C(\N)c2c(F)cccc2F)=C(N)C(NCC(F)F)C1. The van der Waals surface area contributed by atoms with Crippen molar-refractivity contribution in [2.75, 3.05) is 6.54 Å². The molecule has 0 heterocycles. The first-order chi connectivity index (χ1) is 11.3. The first-order valence-electron chi connectivity index (χ1n) is 7.71. The summed E-state index contributed by atoms with van der Waals surface area (Å²) in [5, 5.41) is 2.72. The predicted molar refractivity (Wildman–Crippen MR) is 85.9 cm³/mol. The van der Waals surface area contributed by atoms with Crippen LogP contribution in [0.3, 0.4) is 0 Å². The predicted octanol–water partition coefficient (Wildman–Crippen LogP) is 3.13. The molecule has 0 saturated carbocycles. The summed E-state index contributed by atoms with van der Waals surface area (Å²) < 4.78 is 52.4. The van der Waals surface area contributed by atoms with Crippen LogP contribution in [0.15, 0.2) is 35.5 Å². The van der Waals surface area contributed by atoms with Crippen LogP contribution in [0.5, 0.6) is 0 Å². The largest absolute Gasteiger partial charge is 0.401 e. The molecule has 0 bridgehead atoms. The molecule has 0 aromatic heterocycles. The highest BCUT2D eigenvalue weighted by atomic mass is 19.3. The van der Waals surface area contributed by atoms with Gasteiger partial charge < -0.3 is 16.8 Å². The van der Waals surface area contributed by atoms with Crippen LogP contribution in [0, 0.1) is 17.6 Å². The van der Waals surface area contributed by atoms with Crippen molar-refractivity contribution < 1.29 is 17.6 Å². The van der Waals surface area contributed by atoms with Crippen LogP contribution < -0.4 is 16.8 Å². The van der Waals surface area contributed by atoms with Gasteiger partial charge in [-0.05, 0) is 42.5 Å². The van der Waals surface area contributed by atoms with E-state index in [2.05, 4.69) is 5.32 Å². The molecule has 1 aromatic rings. The fourth-order valence-electron chi connectivity index (χ4n) is 2.93. The Morgan fingerprint density at radius 2 is 1.96 bits per heavy atom. The van der Waals surface area contributed by atoms with Crippen molar-refractivity contribution in [2.45, 2.75) is 32.2 Å². The minimum absolute atomic E-state index is 0.0785. The lowest BCUT2D eigenvalue weighted by Crippen LogP contribution is -2.41. The van der Waals surface area contributed by atoms with E-state index < -0.39 is 30.6 Å². The molecule has 3 nitrogen and oxygen atoms in total. The second-order valence-corrected chi connectivity index (χ2v) is 6.07. The number of benzene rings is 1. The summed E-state index contributed by atoms with van der Waals surface area (Å²) >= 11 is 0. The van der Waals surface area contributed by atoms with E-state index in [4.69, 9.17) is 11.5 Å². The highest BCUT2D eigenvalue weighted by molar-refractivity contribution is 5.66. The number of alkyl halides is 2. The maximum atomic E-state index is 13.8. The van der Waals surface area contributed by atoms with E-state index in [0.29, 0.717) is 24.1 Å². The van der Waals surface area contributed by atoms with Crippen molar-refractivity contribution >= 4 is 5.70 Å². The Morgan fingerprint density at radius 1 is 1.33 bits per heavy atom. The van der Waals surface area contributed by atoms with E-state index in [0.717, 1.165) is 12.1 Å². The summed E-state index contributed by atoms with van der Waals surface area (Å²) in [4.78, 5) is 0. The zero-order valence-electron chi connectivity index (χ0n) is 13.3. The molecule has 7 heteroatoms. The molecule has 0 aliphatic heterocycles. The van der Waals surface area contributed by atoms with Crippen LogP contribution in [0.1, 0.15) is 25.3 Å². The Kier molecular flexibility index (Phi) is 5.88. The lowest BCUT2D eigenvalue weighted by molar-refractivity contribution is 0.140. The first-order valence-corrected chi connectivity index (χ1v) is 7.71. The second kappa shape index (κ2) is 7.70. The van der Waals surface area contributed by atoms with E-state index in [1.54, 1.807) is 0 Å². The smallest absolute Gasteiger partial charge is 0.250 e. The van der Waals surface area contributed by atoms with E-state index >= 15 is 0 Å². The fraction of sp³-hybridized carbons (Fsp3) is 0.412. The number of hydrogen-bond donors (Lipinski definition) is 3. The molecule has 1 aliphatic carbocycles. The fourth-order valence-corrected chi connectivity index (χ4v) is 2.93. The van der Waals surface area contributed by atoms with E-state index in [1.807, 2.05) is 6.92 Å². The van der Waals surface area contributed by atoms with Gasteiger partial charge in [0.05, 0.1) is 12.1 Å². The monoisotopic (exact) mass is 343 g/mol. The lowest BCUT2D eigenvalue weighted by Gasteiger charge is -2.30. The van der Waals surface area contributed by atoms with Crippen LogP contribution in [-0.4, -0.2) is 19.0 Å². The van der Waals surface area contributed by atoms with E-state index in [9.17, 15) is 17.6 Å². The van der Waals surface area contributed by atoms with Crippen molar-refractivity contribution in [1.82, 2.24) is 5.32 Å². The van der Waals surface area contributed by atoms with Crippen molar-refractivity contribution in [3.05, 3.63) is 52.7 Å². The van der Waals surface area contributed by atoms with Gasteiger partial charge in [-0.25, -0.2) is 17.6 Å². The Balaban J connectivity index is 2.32. The van der Waals surface area contributed by atoms with Crippen LogP contribution in [0.25, 0.3) is 5.70 Å². The molecule has 0 saturated heterocycles. The van der Waals surface area contributed by atoms with Crippen molar-refractivity contribution in [2.24, 2.45) is 17.4 Å². The van der Waals surface area contributed by atoms with Gasteiger partial charge in [-0.3, -0.25) is 0 Å². The number of nitrogens with two attached hydrogens (primary N) is 2. The molecule has 1 aliphatic rings. The van der Waals surface area contributed by atoms with Gasteiger partial charge in [-0.2, -0.15) is 0 Å². The highest BCUT2D eigenvalue weighted by Crippen LogP contribution is 2.30. The second-order valence-electron chi connectivity index (χ2n) is 6.07. The maximum Gasteiger partial charge on any atom is 0.250 e. The maximum absolute atomic E-state index is 13.8. The molecular formula is C17H21F4N3. The summed E-state index contributed by atoms with van der Waals surface area (Å²) in [5.41, 5.74) is 12.5. The summed E-state index contributed by atoms with van der Waals surface area (Å²) in [6, 6.07) is 3.08. The lowest BCUT2D eigenvalue weighted by atomic mass is 9.84. The van der Waals surface area contributed by atoms with Gasteiger partial charge >= 0.3 is 0 Å². The zero-order chi connectivity index (χ0) is 17.9. The minimum atomic E-state index is -2.48. The van der Waals surface area contributed by atoms with Crippen molar-refractivity contribution in [3.63, 3.8) is 0 Å². The summed E-state index contributed by atoms with van der Waals surface area (Å²) in [5.74, 6) is -1.35. The van der Waals surface area contributed by atoms with Crippen LogP contribution in [0.2, 0.25) is 0 Å². The molecule has 5 N–H and O–H groups in total. The van der Waals surface area contributed by atoms with Gasteiger partial charge in [-0.15, -0.1) is 0 Å². The molecule has 0 spiro atoms. The third-order valence-electron chi connectivity index (χ3n) is 4.05. The Hall–Kier alpha value is -2.02. The van der Waals surface area contributed by atoms with Gasteiger partial charge in [-0.1, -0.05) is 13.0 Å². The minimum Gasteiger partial charge on any atom is -0.401 e. The first kappa shape index (κ1) is 18.3. The summed E-state index contributed by atoms with van der Waals surface area (Å²) in [6.45, 7) is 1.49. The van der Waals surface area contributed by atoms with Gasteiger partial charge in [0, 0.05) is 17.4 Å². The number of rotatable bonds is 5. The molecule has 0 fully saturated rings. The summed E-state index contributed by atoms with van der Waals surface area (Å²) in [7, 11) is 0. The third-order valence-corrected chi connectivity index (χ3v) is 4.05. The van der Waals surface area contributed by atoms with Crippen molar-refractivity contribution in [3.8, 4) is 0 Å². The number of allylic oxidation sites excluding steroid dienone is 2. The quantitative estimate of drug-likeness (QED) is 0.720. The highest BCUT2D eigenvalue weighted by Gasteiger charge is 2.25. The molecule has 2 unspecified atom stereocenters. The Labute approximate surface area is 138 Å². The van der Waals surface area contributed by atoms with Gasteiger partial charge in [0.15, 0.2) is 0 Å². The van der Waals surface area contributed by atoms with Crippen LogP contribution >= 0.6 is 0 Å². The van der Waals surface area contributed by atoms with E-state index in [-0.39, 0.29) is 17.2 Å². The Morgan fingerprint density at radius 3 is 2.54 bits per heavy atom. The zero-order valence-corrected chi connectivity index (χ0v) is 13.3. The number of hydrogen-bond acceptors (Lipinski definition) is 3. The van der Waals surface area contributed by atoms with Gasteiger partial charge in [0.25, 0.3) is 6.43 Å². The van der Waals surface area contributed by atoms with E-state index in [1.165, 1.54) is 12.1 Å². The molecule has 0 amide bonds. The molecule has 1 aromatic carbocycles. The molecule has 0 radical (unpaired) electrons. The van der Waals surface area contributed by atoms with Crippen LogP contribution in [0.4, 0.5) is 17.6 Å².